The van der Waals surface area contributed by atoms with Crippen molar-refractivity contribution < 1.29 is 4.79 Å². The Morgan fingerprint density at radius 2 is 1.82 bits per heavy atom. The van der Waals surface area contributed by atoms with E-state index in [1.807, 2.05) is 36.1 Å². The van der Waals surface area contributed by atoms with E-state index in [-0.39, 0.29) is 6.03 Å². The number of hydrogen-bond acceptors (Lipinski definition) is 3. The number of nitrogens with one attached hydrogen (secondary N) is 3. The highest BCUT2D eigenvalue weighted by atomic mass is 16.2. The lowest BCUT2D eigenvalue weighted by Gasteiger charge is -2.34. The van der Waals surface area contributed by atoms with E-state index >= 15 is 0 Å². The molecule has 2 heterocycles. The first-order valence-corrected chi connectivity index (χ1v) is 10.3. The molecule has 5 heteroatoms. The molecule has 2 amide bonds. The van der Waals surface area contributed by atoms with E-state index in [1.54, 1.807) is 0 Å². The summed E-state index contributed by atoms with van der Waals surface area (Å²) in [5, 5.41) is 3.06. The lowest BCUT2D eigenvalue weighted by Crippen LogP contribution is -2.45. The van der Waals surface area contributed by atoms with Crippen LogP contribution in [0.15, 0.2) is 48.5 Å². The fourth-order valence-electron chi connectivity index (χ4n) is 4.41. The number of amides is 2. The predicted octanol–water partition coefficient (Wildman–Crippen LogP) is 4.16. The van der Waals surface area contributed by atoms with Gasteiger partial charge in [-0.1, -0.05) is 48.0 Å². The van der Waals surface area contributed by atoms with Crippen LogP contribution in [0.2, 0.25) is 0 Å². The molecule has 0 spiro atoms. The topological polar surface area (TPSA) is 56.4 Å². The van der Waals surface area contributed by atoms with Gasteiger partial charge < -0.3 is 10.2 Å². The minimum absolute atomic E-state index is 0.0166. The molecule has 2 saturated heterocycles. The number of nitrogens with zero attached hydrogens (tertiary/aromatic N) is 1. The number of rotatable bonds is 3. The van der Waals surface area contributed by atoms with Gasteiger partial charge in [-0.15, -0.1) is 0 Å². The summed E-state index contributed by atoms with van der Waals surface area (Å²) in [6.07, 6.45) is 3.19. The standard InChI is InChI=1S/C23H30N4O/c1-16-6-5-8-19(14-16)22-15-21(25-26-22)18-10-12-27(13-11-18)23(28)24-20-9-4-3-7-17(20)2/h3-9,14,18,21-22,25-26H,10-13,15H2,1-2H3,(H,24,28). The molecule has 2 unspecified atom stereocenters. The third kappa shape index (κ3) is 4.21. The van der Waals surface area contributed by atoms with Gasteiger partial charge in [-0.25, -0.2) is 4.79 Å². The fourth-order valence-corrected chi connectivity index (χ4v) is 4.41. The fraction of sp³-hybridized carbons (Fsp3) is 0.435. The van der Waals surface area contributed by atoms with Gasteiger partial charge in [-0.2, -0.15) is 0 Å². The molecule has 2 fully saturated rings. The molecule has 4 rings (SSSR count). The Morgan fingerprint density at radius 3 is 2.57 bits per heavy atom. The molecule has 148 valence electrons. The van der Waals surface area contributed by atoms with Gasteiger partial charge in [-0.05, 0) is 56.2 Å². The number of likely N-dealkylation sites (tertiary alicyclic amines) is 1. The summed E-state index contributed by atoms with van der Waals surface area (Å²) in [4.78, 5) is 14.6. The first-order chi connectivity index (χ1) is 13.6. The first kappa shape index (κ1) is 19.0. The van der Waals surface area contributed by atoms with E-state index in [2.05, 4.69) is 47.4 Å². The van der Waals surface area contributed by atoms with Gasteiger partial charge in [0.1, 0.15) is 0 Å². The zero-order valence-electron chi connectivity index (χ0n) is 16.7. The van der Waals surface area contributed by atoms with E-state index < -0.39 is 0 Å². The molecule has 2 aromatic rings. The van der Waals surface area contributed by atoms with Gasteiger partial charge in [0.05, 0.1) is 0 Å². The molecule has 0 saturated carbocycles. The molecular weight excluding hydrogens is 348 g/mol. The van der Waals surface area contributed by atoms with Crippen LogP contribution in [-0.2, 0) is 0 Å². The normalized spacial score (nSPS) is 23.0. The Labute approximate surface area is 167 Å². The van der Waals surface area contributed by atoms with E-state index in [0.717, 1.165) is 43.6 Å². The maximum absolute atomic E-state index is 12.6. The van der Waals surface area contributed by atoms with Gasteiger partial charge in [0.25, 0.3) is 0 Å². The maximum Gasteiger partial charge on any atom is 0.321 e. The average molecular weight is 379 g/mol. The molecule has 2 aliphatic heterocycles. The van der Waals surface area contributed by atoms with Crippen LogP contribution in [0.25, 0.3) is 0 Å². The van der Waals surface area contributed by atoms with Crippen LogP contribution in [0.3, 0.4) is 0 Å². The highest BCUT2D eigenvalue weighted by molar-refractivity contribution is 5.90. The van der Waals surface area contributed by atoms with E-state index in [1.165, 1.54) is 11.1 Å². The number of hydrogen-bond donors (Lipinski definition) is 3. The summed E-state index contributed by atoms with van der Waals surface area (Å²) < 4.78 is 0. The third-order valence-electron chi connectivity index (χ3n) is 6.16. The summed E-state index contributed by atoms with van der Waals surface area (Å²) in [5.41, 5.74) is 11.6. The first-order valence-electron chi connectivity index (χ1n) is 10.3. The highest BCUT2D eigenvalue weighted by Crippen LogP contribution is 2.31. The lowest BCUT2D eigenvalue weighted by atomic mass is 9.86. The summed E-state index contributed by atoms with van der Waals surface area (Å²) in [6.45, 7) is 5.79. The SMILES string of the molecule is Cc1cccc(C2CC(C3CCN(C(=O)Nc4ccccc4C)CC3)NN2)c1. The van der Waals surface area contributed by atoms with Crippen molar-refractivity contribution in [2.75, 3.05) is 18.4 Å². The van der Waals surface area contributed by atoms with Gasteiger partial charge >= 0.3 is 6.03 Å². The monoisotopic (exact) mass is 378 g/mol. The van der Waals surface area contributed by atoms with Crippen molar-refractivity contribution >= 4 is 11.7 Å². The van der Waals surface area contributed by atoms with Crippen LogP contribution in [0.4, 0.5) is 10.5 Å². The summed E-state index contributed by atoms with van der Waals surface area (Å²) in [6, 6.07) is 17.5. The molecule has 0 bridgehead atoms. The van der Waals surface area contributed by atoms with Crippen molar-refractivity contribution in [3.05, 3.63) is 65.2 Å². The number of carbonyl (C=O) groups is 1. The van der Waals surface area contributed by atoms with Gasteiger partial charge in [-0.3, -0.25) is 10.9 Å². The number of carbonyl (C=O) groups excluding carboxylic acids is 1. The largest absolute Gasteiger partial charge is 0.325 e. The van der Waals surface area contributed by atoms with Crippen molar-refractivity contribution in [3.8, 4) is 0 Å². The Hall–Kier alpha value is -2.37. The van der Waals surface area contributed by atoms with Crippen LogP contribution in [0.1, 0.15) is 42.0 Å². The quantitative estimate of drug-likeness (QED) is 0.752. The van der Waals surface area contributed by atoms with Gasteiger partial charge in [0, 0.05) is 30.9 Å². The Morgan fingerprint density at radius 1 is 1.04 bits per heavy atom. The number of urea groups is 1. The van der Waals surface area contributed by atoms with Gasteiger partial charge in [0.2, 0.25) is 0 Å². The van der Waals surface area contributed by atoms with Gasteiger partial charge in [0.15, 0.2) is 0 Å². The molecule has 0 radical (unpaired) electrons. The number of benzene rings is 2. The minimum atomic E-state index is 0.0166. The molecule has 0 aromatic heterocycles. The molecule has 28 heavy (non-hydrogen) atoms. The molecule has 3 N–H and O–H groups in total. The molecule has 2 aromatic carbocycles. The second kappa shape index (κ2) is 8.33. The number of anilines is 1. The van der Waals surface area contributed by atoms with Crippen LogP contribution >= 0.6 is 0 Å². The van der Waals surface area contributed by atoms with Crippen LogP contribution in [-0.4, -0.2) is 30.1 Å². The summed E-state index contributed by atoms with van der Waals surface area (Å²) in [5.74, 6) is 0.602. The summed E-state index contributed by atoms with van der Waals surface area (Å²) >= 11 is 0. The number of hydrazine groups is 1. The van der Waals surface area contributed by atoms with E-state index in [4.69, 9.17) is 0 Å². The van der Waals surface area contributed by atoms with Crippen molar-refractivity contribution in [2.45, 2.75) is 45.2 Å². The molecule has 5 nitrogen and oxygen atoms in total. The zero-order chi connectivity index (χ0) is 19.5. The highest BCUT2D eigenvalue weighted by Gasteiger charge is 2.34. The predicted molar refractivity (Wildman–Crippen MR) is 113 cm³/mol. The third-order valence-corrected chi connectivity index (χ3v) is 6.16. The minimum Gasteiger partial charge on any atom is -0.325 e. The molecule has 0 aliphatic carbocycles. The van der Waals surface area contributed by atoms with Crippen molar-refractivity contribution in [3.63, 3.8) is 0 Å². The maximum atomic E-state index is 12.6. The Kier molecular flexibility index (Phi) is 5.64. The van der Waals surface area contributed by atoms with Crippen LogP contribution in [0, 0.1) is 19.8 Å². The van der Waals surface area contributed by atoms with E-state index in [0.29, 0.717) is 18.0 Å². The molecule has 2 aliphatic rings. The van der Waals surface area contributed by atoms with Crippen molar-refractivity contribution in [1.82, 2.24) is 15.8 Å². The lowest BCUT2D eigenvalue weighted by molar-refractivity contribution is 0.169. The molecule has 2 atom stereocenters. The number of aryl methyl sites for hydroxylation is 2. The van der Waals surface area contributed by atoms with Crippen molar-refractivity contribution in [2.24, 2.45) is 5.92 Å². The number of piperidine rings is 1. The Balaban J connectivity index is 1.29. The van der Waals surface area contributed by atoms with E-state index in [9.17, 15) is 4.79 Å². The summed E-state index contributed by atoms with van der Waals surface area (Å²) in [7, 11) is 0. The second-order valence-electron chi connectivity index (χ2n) is 8.17. The molecular formula is C23H30N4O. The average Bonchev–Trinajstić information content (AvgIpc) is 3.20. The Bertz CT molecular complexity index is 829. The second-order valence-corrected chi connectivity index (χ2v) is 8.17. The zero-order valence-corrected chi connectivity index (χ0v) is 16.7. The number of para-hydroxylation sites is 1. The van der Waals surface area contributed by atoms with Crippen LogP contribution in [0.5, 0.6) is 0 Å². The smallest absolute Gasteiger partial charge is 0.321 e. The van der Waals surface area contributed by atoms with Crippen LogP contribution < -0.4 is 16.2 Å². The van der Waals surface area contributed by atoms with Crippen molar-refractivity contribution in [1.29, 1.82) is 0 Å².